The first-order valence-electron chi connectivity index (χ1n) is 9.85. The number of aryl methyl sites for hydroxylation is 2. The molecule has 0 spiro atoms. The molecule has 1 aliphatic rings. The van der Waals surface area contributed by atoms with Crippen LogP contribution in [0, 0.1) is 13.8 Å². The number of aromatic nitrogens is 2. The van der Waals surface area contributed by atoms with Crippen LogP contribution in [0.3, 0.4) is 0 Å². The van der Waals surface area contributed by atoms with Crippen molar-refractivity contribution in [3.8, 4) is 17.0 Å². The Hall–Kier alpha value is -3.08. The second kappa shape index (κ2) is 10.0. The van der Waals surface area contributed by atoms with Gasteiger partial charge < -0.3 is 23.5 Å². The fourth-order valence-electron chi connectivity index (χ4n) is 3.43. The smallest absolute Gasteiger partial charge is 0.303 e. The molecule has 4 atom stereocenters. The summed E-state index contributed by atoms with van der Waals surface area (Å²) in [5.41, 5.74) is 1.09. The van der Waals surface area contributed by atoms with Crippen molar-refractivity contribution in [2.75, 3.05) is 5.75 Å². The van der Waals surface area contributed by atoms with Gasteiger partial charge in [-0.25, -0.2) is 0 Å². The van der Waals surface area contributed by atoms with Crippen molar-refractivity contribution in [1.29, 1.82) is 0 Å². The molecule has 0 saturated carbocycles. The lowest BCUT2D eigenvalue weighted by atomic mass is 10.1. The Morgan fingerprint density at radius 1 is 1.03 bits per heavy atom. The summed E-state index contributed by atoms with van der Waals surface area (Å²) in [7, 11) is 0. The number of rotatable bonds is 6. The molecule has 1 fully saturated rings. The standard InChI is InChI=1S/C21H24N2O8S/c1-10-17(11(2)31-23-10)18-15(7-6-8-22-18)30-21-20(29-14(5)26)19(28-13(4)25)16(9-32-21)27-12(3)24/h6-8,16,19-21H,9H2,1-5H3/t16-,19+,20-,21?/m1/s1. The van der Waals surface area contributed by atoms with Crippen LogP contribution in [0.2, 0.25) is 0 Å². The van der Waals surface area contributed by atoms with E-state index in [-0.39, 0.29) is 5.75 Å². The maximum atomic E-state index is 11.8. The van der Waals surface area contributed by atoms with Gasteiger partial charge in [-0.3, -0.25) is 19.4 Å². The number of carbonyl (C=O) groups is 3. The van der Waals surface area contributed by atoms with Crippen LogP contribution in [0.1, 0.15) is 32.2 Å². The first-order valence-corrected chi connectivity index (χ1v) is 10.9. The molecular weight excluding hydrogens is 440 g/mol. The highest BCUT2D eigenvalue weighted by Crippen LogP contribution is 2.38. The summed E-state index contributed by atoms with van der Waals surface area (Å²) in [4.78, 5) is 39.6. The Morgan fingerprint density at radius 3 is 2.28 bits per heavy atom. The Balaban J connectivity index is 1.96. The van der Waals surface area contributed by atoms with Crippen LogP contribution in [0.4, 0.5) is 0 Å². The highest BCUT2D eigenvalue weighted by molar-refractivity contribution is 7.99. The Morgan fingerprint density at radius 2 is 1.69 bits per heavy atom. The average molecular weight is 464 g/mol. The highest BCUT2D eigenvalue weighted by Gasteiger charge is 2.48. The Labute approximate surface area is 188 Å². The van der Waals surface area contributed by atoms with Gasteiger partial charge in [-0.05, 0) is 26.0 Å². The van der Waals surface area contributed by atoms with Crippen molar-refractivity contribution in [2.24, 2.45) is 0 Å². The van der Waals surface area contributed by atoms with Crippen LogP contribution >= 0.6 is 11.8 Å². The summed E-state index contributed by atoms with van der Waals surface area (Å²) in [6, 6.07) is 3.43. The van der Waals surface area contributed by atoms with Crippen LogP contribution in [0.5, 0.6) is 5.75 Å². The van der Waals surface area contributed by atoms with Gasteiger partial charge in [0.05, 0.1) is 11.3 Å². The molecule has 2 aromatic heterocycles. The molecule has 10 nitrogen and oxygen atoms in total. The molecule has 0 aliphatic carbocycles. The van der Waals surface area contributed by atoms with Crippen LogP contribution in [0.25, 0.3) is 11.3 Å². The van der Waals surface area contributed by atoms with Crippen molar-refractivity contribution in [3.05, 3.63) is 29.8 Å². The van der Waals surface area contributed by atoms with Crippen molar-refractivity contribution < 1.29 is 37.9 Å². The van der Waals surface area contributed by atoms with E-state index in [1.807, 2.05) is 0 Å². The van der Waals surface area contributed by atoms with E-state index in [0.29, 0.717) is 28.5 Å². The summed E-state index contributed by atoms with van der Waals surface area (Å²) >= 11 is 1.27. The second-order valence-corrected chi connectivity index (χ2v) is 8.30. The van der Waals surface area contributed by atoms with E-state index in [0.717, 1.165) is 0 Å². The van der Waals surface area contributed by atoms with Gasteiger partial charge >= 0.3 is 17.9 Å². The van der Waals surface area contributed by atoms with Gasteiger partial charge in [0.1, 0.15) is 17.2 Å². The van der Waals surface area contributed by atoms with Gasteiger partial charge in [-0.1, -0.05) is 5.16 Å². The SMILES string of the molecule is CC(=O)O[C@H]1[C@H](OC(C)=O)CSC(Oc2cccnc2-c2c(C)noc2C)[C@@H]1OC(C)=O. The Kier molecular flexibility index (Phi) is 7.39. The predicted molar refractivity (Wildman–Crippen MR) is 113 cm³/mol. The number of hydrogen-bond donors (Lipinski definition) is 0. The molecule has 3 heterocycles. The molecule has 0 radical (unpaired) electrons. The fourth-order valence-corrected chi connectivity index (χ4v) is 4.64. The average Bonchev–Trinajstić information content (AvgIpc) is 3.04. The van der Waals surface area contributed by atoms with Crippen LogP contribution in [-0.4, -0.2) is 57.5 Å². The lowest BCUT2D eigenvalue weighted by Crippen LogP contribution is -2.55. The third-order valence-electron chi connectivity index (χ3n) is 4.59. The van der Waals surface area contributed by atoms with Gasteiger partial charge in [0, 0.05) is 32.7 Å². The zero-order valence-corrected chi connectivity index (χ0v) is 19.1. The largest absolute Gasteiger partial charge is 0.473 e. The highest BCUT2D eigenvalue weighted by atomic mass is 32.2. The molecule has 3 rings (SSSR count). The molecule has 0 bridgehead atoms. The molecule has 0 aromatic carbocycles. The third kappa shape index (κ3) is 5.39. The van der Waals surface area contributed by atoms with Crippen LogP contribution in [0.15, 0.2) is 22.9 Å². The number of hydrogen-bond acceptors (Lipinski definition) is 11. The minimum absolute atomic E-state index is 0.265. The molecule has 1 unspecified atom stereocenters. The van der Waals surface area contributed by atoms with E-state index >= 15 is 0 Å². The number of esters is 3. The zero-order valence-electron chi connectivity index (χ0n) is 18.3. The molecule has 1 aliphatic heterocycles. The maximum absolute atomic E-state index is 11.8. The Bertz CT molecular complexity index is 988. The van der Waals surface area contributed by atoms with Gasteiger partial charge in [-0.2, -0.15) is 0 Å². The lowest BCUT2D eigenvalue weighted by Gasteiger charge is -2.40. The number of thioether (sulfide) groups is 1. The van der Waals surface area contributed by atoms with Gasteiger partial charge in [0.2, 0.25) is 0 Å². The number of carbonyl (C=O) groups excluding carboxylic acids is 3. The van der Waals surface area contributed by atoms with E-state index in [1.54, 1.807) is 32.2 Å². The third-order valence-corrected chi connectivity index (χ3v) is 5.80. The maximum Gasteiger partial charge on any atom is 0.303 e. The number of nitrogens with zero attached hydrogens (tertiary/aromatic N) is 2. The molecule has 32 heavy (non-hydrogen) atoms. The normalized spacial score (nSPS) is 22.7. The number of ether oxygens (including phenoxy) is 4. The summed E-state index contributed by atoms with van der Waals surface area (Å²) in [5.74, 6) is -0.493. The van der Waals surface area contributed by atoms with E-state index in [9.17, 15) is 14.4 Å². The van der Waals surface area contributed by atoms with E-state index < -0.39 is 41.7 Å². The summed E-state index contributed by atoms with van der Waals surface area (Å²) < 4.78 is 27.7. The van der Waals surface area contributed by atoms with E-state index in [4.69, 9.17) is 23.5 Å². The fraction of sp³-hybridized carbons (Fsp3) is 0.476. The molecule has 2 aromatic rings. The van der Waals surface area contributed by atoms with Gasteiger partial charge in [0.25, 0.3) is 0 Å². The number of pyridine rings is 1. The predicted octanol–water partition coefficient (Wildman–Crippen LogP) is 2.60. The topological polar surface area (TPSA) is 127 Å². The monoisotopic (exact) mass is 464 g/mol. The van der Waals surface area contributed by atoms with Gasteiger partial charge in [0.15, 0.2) is 23.7 Å². The molecule has 0 N–H and O–H groups in total. The van der Waals surface area contributed by atoms with Crippen molar-refractivity contribution >= 4 is 29.7 Å². The summed E-state index contributed by atoms with van der Waals surface area (Å²) in [6.45, 7) is 7.28. The first-order chi connectivity index (χ1) is 15.2. The second-order valence-electron chi connectivity index (χ2n) is 7.16. The molecule has 11 heteroatoms. The molecule has 1 saturated heterocycles. The van der Waals surface area contributed by atoms with E-state index in [2.05, 4.69) is 10.1 Å². The molecule has 0 amide bonds. The van der Waals surface area contributed by atoms with E-state index in [1.165, 1.54) is 32.5 Å². The van der Waals surface area contributed by atoms with Gasteiger partial charge in [-0.15, -0.1) is 11.8 Å². The lowest BCUT2D eigenvalue weighted by molar-refractivity contribution is -0.186. The van der Waals surface area contributed by atoms with Crippen molar-refractivity contribution in [1.82, 2.24) is 10.1 Å². The van der Waals surface area contributed by atoms with Crippen LogP contribution in [-0.2, 0) is 28.6 Å². The summed E-state index contributed by atoms with van der Waals surface area (Å²) in [6.07, 6.45) is -1.26. The summed E-state index contributed by atoms with van der Waals surface area (Å²) in [5, 5.41) is 3.97. The molecule has 172 valence electrons. The zero-order chi connectivity index (χ0) is 23.4. The van der Waals surface area contributed by atoms with Crippen LogP contribution < -0.4 is 4.74 Å². The minimum atomic E-state index is -1.04. The first kappa shape index (κ1) is 23.6. The quantitative estimate of drug-likeness (QED) is 0.462. The van der Waals surface area contributed by atoms with Crippen molar-refractivity contribution in [3.63, 3.8) is 0 Å². The molecular formula is C21H24N2O8S. The van der Waals surface area contributed by atoms with Crippen molar-refractivity contribution in [2.45, 2.75) is 58.4 Å². The minimum Gasteiger partial charge on any atom is -0.473 e.